The lowest BCUT2D eigenvalue weighted by molar-refractivity contribution is -0.125. The number of anilines is 1. The number of hydrogen-bond acceptors (Lipinski definition) is 5. The van der Waals surface area contributed by atoms with Gasteiger partial charge in [0.15, 0.2) is 0 Å². The maximum Gasteiger partial charge on any atom is 0.225 e. The summed E-state index contributed by atoms with van der Waals surface area (Å²) in [5.74, 6) is 0.895. The molecule has 1 aromatic carbocycles. The van der Waals surface area contributed by atoms with E-state index in [0.29, 0.717) is 6.54 Å². The number of benzene rings is 1. The Kier molecular flexibility index (Phi) is 5.32. The lowest BCUT2D eigenvalue weighted by Gasteiger charge is -2.33. The standard InChI is InChI=1S/C21H24N6O/c1-16(17-4-6-19(7-5-17)27-12-10-23-15-27)25-21(28)18-3-2-11-26(14-18)20-13-22-8-9-24-20/h4-10,12-13,15-16,18H,2-3,11,14H2,1H3,(H,25,28)/t16-,18-/m1/s1. The maximum absolute atomic E-state index is 12.8. The Morgan fingerprint density at radius 3 is 2.75 bits per heavy atom. The summed E-state index contributed by atoms with van der Waals surface area (Å²) in [6, 6.07) is 8.13. The molecule has 1 fully saturated rings. The fourth-order valence-corrected chi connectivity index (χ4v) is 3.62. The Morgan fingerprint density at radius 1 is 1.18 bits per heavy atom. The van der Waals surface area contributed by atoms with Crippen LogP contribution in [0.15, 0.2) is 61.6 Å². The average molecular weight is 376 g/mol. The number of nitrogens with zero attached hydrogens (tertiary/aromatic N) is 5. The summed E-state index contributed by atoms with van der Waals surface area (Å²) in [5, 5.41) is 3.17. The van der Waals surface area contributed by atoms with Gasteiger partial charge in [-0.25, -0.2) is 9.97 Å². The van der Waals surface area contributed by atoms with Crippen LogP contribution in [0.2, 0.25) is 0 Å². The molecule has 0 spiro atoms. The lowest BCUT2D eigenvalue weighted by Crippen LogP contribution is -2.44. The van der Waals surface area contributed by atoms with E-state index in [1.165, 1.54) is 0 Å². The first-order valence-electron chi connectivity index (χ1n) is 9.60. The van der Waals surface area contributed by atoms with E-state index >= 15 is 0 Å². The van der Waals surface area contributed by atoms with E-state index in [-0.39, 0.29) is 17.9 Å². The number of aromatic nitrogens is 4. The van der Waals surface area contributed by atoms with Crippen LogP contribution in [0.4, 0.5) is 5.82 Å². The molecule has 2 aromatic heterocycles. The number of nitrogens with one attached hydrogen (secondary N) is 1. The molecule has 1 aliphatic heterocycles. The van der Waals surface area contributed by atoms with Crippen molar-refractivity contribution in [2.24, 2.45) is 5.92 Å². The fraction of sp³-hybridized carbons (Fsp3) is 0.333. The van der Waals surface area contributed by atoms with Crippen molar-refractivity contribution in [3.8, 4) is 5.69 Å². The molecule has 0 radical (unpaired) electrons. The van der Waals surface area contributed by atoms with Gasteiger partial charge in [0.1, 0.15) is 5.82 Å². The Bertz CT molecular complexity index is 894. The number of rotatable bonds is 5. The van der Waals surface area contributed by atoms with Gasteiger partial charge in [0, 0.05) is 43.6 Å². The second-order valence-corrected chi connectivity index (χ2v) is 7.14. The molecule has 3 aromatic rings. The molecule has 1 amide bonds. The van der Waals surface area contributed by atoms with E-state index < -0.39 is 0 Å². The van der Waals surface area contributed by atoms with E-state index in [1.54, 1.807) is 31.1 Å². The number of carbonyl (C=O) groups excluding carboxylic acids is 1. The SMILES string of the molecule is C[C@@H](NC(=O)[C@@H]1CCCN(c2cnccn2)C1)c1ccc(-n2ccnc2)cc1. The quantitative estimate of drug-likeness (QED) is 0.741. The Labute approximate surface area is 164 Å². The normalized spacial score (nSPS) is 17.9. The number of piperidine rings is 1. The van der Waals surface area contributed by atoms with Crippen molar-refractivity contribution < 1.29 is 4.79 Å². The van der Waals surface area contributed by atoms with Crippen molar-refractivity contribution in [2.75, 3.05) is 18.0 Å². The first kappa shape index (κ1) is 18.2. The molecule has 1 N–H and O–H groups in total. The van der Waals surface area contributed by atoms with E-state index in [0.717, 1.165) is 36.5 Å². The molecule has 0 bridgehead atoms. The maximum atomic E-state index is 12.8. The third-order valence-electron chi connectivity index (χ3n) is 5.22. The van der Waals surface area contributed by atoms with Crippen molar-refractivity contribution in [3.63, 3.8) is 0 Å². The number of hydrogen-bond donors (Lipinski definition) is 1. The third-order valence-corrected chi connectivity index (χ3v) is 5.22. The molecule has 28 heavy (non-hydrogen) atoms. The highest BCUT2D eigenvalue weighted by molar-refractivity contribution is 5.80. The van der Waals surface area contributed by atoms with Crippen LogP contribution >= 0.6 is 0 Å². The second kappa shape index (κ2) is 8.21. The van der Waals surface area contributed by atoms with Crippen LogP contribution in [0.5, 0.6) is 0 Å². The van der Waals surface area contributed by atoms with E-state index in [1.807, 2.05) is 42.0 Å². The van der Waals surface area contributed by atoms with Crippen LogP contribution in [0.1, 0.15) is 31.4 Å². The summed E-state index contributed by atoms with van der Waals surface area (Å²) in [6.45, 7) is 3.61. The highest BCUT2D eigenvalue weighted by atomic mass is 16.2. The summed E-state index contributed by atoms with van der Waals surface area (Å²) in [7, 11) is 0. The van der Waals surface area contributed by atoms with Crippen molar-refractivity contribution in [2.45, 2.75) is 25.8 Å². The molecule has 1 aliphatic rings. The smallest absolute Gasteiger partial charge is 0.225 e. The zero-order valence-electron chi connectivity index (χ0n) is 15.9. The van der Waals surface area contributed by atoms with Gasteiger partial charge in [0.2, 0.25) is 5.91 Å². The highest BCUT2D eigenvalue weighted by Gasteiger charge is 2.27. The van der Waals surface area contributed by atoms with Gasteiger partial charge in [0.05, 0.1) is 24.5 Å². The average Bonchev–Trinajstić information content (AvgIpc) is 3.29. The Morgan fingerprint density at radius 2 is 2.04 bits per heavy atom. The number of amides is 1. The molecule has 3 heterocycles. The molecule has 2 atom stereocenters. The van der Waals surface area contributed by atoms with Gasteiger partial charge in [0.25, 0.3) is 0 Å². The Hall–Kier alpha value is -3.22. The molecule has 0 saturated carbocycles. The minimum Gasteiger partial charge on any atom is -0.355 e. The molecule has 0 aliphatic carbocycles. The van der Waals surface area contributed by atoms with Crippen LogP contribution < -0.4 is 10.2 Å². The minimum absolute atomic E-state index is 0.0385. The molecule has 7 nitrogen and oxygen atoms in total. The first-order valence-corrected chi connectivity index (χ1v) is 9.60. The van der Waals surface area contributed by atoms with Crippen molar-refractivity contribution >= 4 is 11.7 Å². The van der Waals surface area contributed by atoms with Gasteiger partial charge in [-0.1, -0.05) is 12.1 Å². The zero-order chi connectivity index (χ0) is 19.3. The molecule has 1 saturated heterocycles. The summed E-state index contributed by atoms with van der Waals surface area (Å²) >= 11 is 0. The lowest BCUT2D eigenvalue weighted by atomic mass is 9.96. The van der Waals surface area contributed by atoms with Gasteiger partial charge >= 0.3 is 0 Å². The van der Waals surface area contributed by atoms with E-state index in [4.69, 9.17) is 0 Å². The highest BCUT2D eigenvalue weighted by Crippen LogP contribution is 2.22. The van der Waals surface area contributed by atoms with Crippen LogP contribution in [0, 0.1) is 5.92 Å². The molecule has 4 rings (SSSR count). The number of carbonyl (C=O) groups is 1. The van der Waals surface area contributed by atoms with Gasteiger partial charge in [-0.15, -0.1) is 0 Å². The molecule has 144 valence electrons. The van der Waals surface area contributed by atoms with Gasteiger partial charge < -0.3 is 14.8 Å². The second-order valence-electron chi connectivity index (χ2n) is 7.14. The predicted molar refractivity (Wildman–Crippen MR) is 107 cm³/mol. The van der Waals surface area contributed by atoms with Crippen LogP contribution in [-0.2, 0) is 4.79 Å². The largest absolute Gasteiger partial charge is 0.355 e. The summed E-state index contributed by atoms with van der Waals surface area (Å²) in [6.07, 6.45) is 12.4. The molecular weight excluding hydrogens is 352 g/mol. The van der Waals surface area contributed by atoms with E-state index in [2.05, 4.69) is 25.2 Å². The summed E-state index contributed by atoms with van der Waals surface area (Å²) < 4.78 is 1.95. The van der Waals surface area contributed by atoms with Gasteiger partial charge in [-0.05, 0) is 37.5 Å². The summed E-state index contributed by atoms with van der Waals surface area (Å²) in [5.41, 5.74) is 2.13. The van der Waals surface area contributed by atoms with Crippen molar-refractivity contribution in [1.82, 2.24) is 24.8 Å². The van der Waals surface area contributed by atoms with Crippen LogP contribution in [0.3, 0.4) is 0 Å². The molecular formula is C21H24N6O. The predicted octanol–water partition coefficient (Wildman–Crippen LogP) is 2.76. The van der Waals surface area contributed by atoms with Gasteiger partial charge in [-0.3, -0.25) is 9.78 Å². The first-order chi connectivity index (χ1) is 13.7. The zero-order valence-corrected chi connectivity index (χ0v) is 15.9. The van der Waals surface area contributed by atoms with Crippen molar-refractivity contribution in [1.29, 1.82) is 0 Å². The summed E-state index contributed by atoms with van der Waals surface area (Å²) in [4.78, 5) is 27.5. The molecule has 0 unspecified atom stereocenters. The Balaban J connectivity index is 1.37. The minimum atomic E-state index is -0.0452. The fourth-order valence-electron chi connectivity index (χ4n) is 3.62. The topological polar surface area (TPSA) is 75.9 Å². The third kappa shape index (κ3) is 4.03. The number of imidazole rings is 1. The van der Waals surface area contributed by atoms with Gasteiger partial charge in [-0.2, -0.15) is 0 Å². The van der Waals surface area contributed by atoms with Crippen LogP contribution in [-0.4, -0.2) is 38.5 Å². The van der Waals surface area contributed by atoms with Crippen molar-refractivity contribution in [3.05, 3.63) is 67.1 Å². The monoisotopic (exact) mass is 376 g/mol. The van der Waals surface area contributed by atoms with E-state index in [9.17, 15) is 4.79 Å². The molecule has 7 heteroatoms. The van der Waals surface area contributed by atoms with Crippen LogP contribution in [0.25, 0.3) is 5.69 Å².